The molecule has 0 bridgehead atoms. The summed E-state index contributed by atoms with van der Waals surface area (Å²) in [5.74, 6) is -2.99. The van der Waals surface area contributed by atoms with E-state index in [4.69, 9.17) is 11.6 Å². The number of alkyl halides is 5. The van der Waals surface area contributed by atoms with Gasteiger partial charge in [0.15, 0.2) is 5.60 Å². The molecule has 2 N–H and O–H groups in total. The molecule has 13 heteroatoms. The average Bonchev–Trinajstić information content (AvgIpc) is 3.16. The van der Waals surface area contributed by atoms with Crippen molar-refractivity contribution >= 4 is 29.1 Å². The standard InChI is InChI=1S/C29H24ClF6N3O3/c30-17-12-19(24(25(32)33)37-13-17)26(40)38-18-8-5-15(6-9-18)14-39-23-4-2-1-3-20(23)28(42,27(39)41)21-11-16(29(34,35)36)7-10-22(21)31/h1-4,7,10-13,15,18,25,42H,5-6,8-9,14H2,(H,38,40)/t15-,18-,28?. The fourth-order valence-corrected chi connectivity index (χ4v) is 5.83. The second-order valence-corrected chi connectivity index (χ2v) is 10.9. The van der Waals surface area contributed by atoms with Gasteiger partial charge < -0.3 is 15.3 Å². The van der Waals surface area contributed by atoms with Gasteiger partial charge in [-0.3, -0.25) is 14.6 Å². The number of carbonyl (C=O) groups is 2. The Morgan fingerprint density at radius 2 is 1.79 bits per heavy atom. The van der Waals surface area contributed by atoms with Crippen LogP contribution in [0, 0.1) is 11.7 Å². The van der Waals surface area contributed by atoms with Gasteiger partial charge in [-0.1, -0.05) is 29.8 Å². The monoisotopic (exact) mass is 611 g/mol. The van der Waals surface area contributed by atoms with Gasteiger partial charge in [0.1, 0.15) is 11.5 Å². The van der Waals surface area contributed by atoms with E-state index in [1.54, 1.807) is 6.07 Å². The van der Waals surface area contributed by atoms with Gasteiger partial charge in [0, 0.05) is 29.9 Å². The SMILES string of the molecule is O=C(N[C@H]1CC[C@H](CN2C(=O)C(O)(c3cc(C(F)(F)F)ccc3F)c3ccccc32)CC1)c1cc(Cl)cnc1C(F)F. The third-order valence-electron chi connectivity index (χ3n) is 7.78. The highest BCUT2D eigenvalue weighted by Crippen LogP contribution is 2.47. The zero-order valence-corrected chi connectivity index (χ0v) is 22.5. The summed E-state index contributed by atoms with van der Waals surface area (Å²) in [4.78, 5) is 31.2. The number of rotatable bonds is 6. The number of pyridine rings is 1. The lowest BCUT2D eigenvalue weighted by Gasteiger charge is -2.32. The van der Waals surface area contributed by atoms with Gasteiger partial charge in [-0.05, 0) is 61.9 Å². The fourth-order valence-electron chi connectivity index (χ4n) is 5.67. The van der Waals surface area contributed by atoms with E-state index in [0.29, 0.717) is 43.9 Å². The number of carbonyl (C=O) groups excluding carboxylic acids is 2. The maximum absolute atomic E-state index is 14.9. The fraction of sp³-hybridized carbons (Fsp3) is 0.345. The van der Waals surface area contributed by atoms with Crippen molar-refractivity contribution < 1.29 is 41.0 Å². The van der Waals surface area contributed by atoms with Crippen LogP contribution in [-0.4, -0.2) is 34.5 Å². The predicted octanol–water partition coefficient (Wildman–Crippen LogP) is 6.40. The molecule has 1 aliphatic carbocycles. The Kier molecular flexibility index (Phi) is 7.97. The van der Waals surface area contributed by atoms with Gasteiger partial charge in [-0.2, -0.15) is 13.2 Å². The Bertz CT molecular complexity index is 1530. The lowest BCUT2D eigenvalue weighted by atomic mass is 9.85. The molecule has 1 aliphatic heterocycles. The number of hydrogen-bond donors (Lipinski definition) is 2. The molecule has 2 aliphatic rings. The van der Waals surface area contributed by atoms with E-state index in [9.17, 15) is 41.0 Å². The van der Waals surface area contributed by atoms with Gasteiger partial charge in [0.05, 0.1) is 21.8 Å². The van der Waals surface area contributed by atoms with Gasteiger partial charge >= 0.3 is 6.18 Å². The number of para-hydroxylation sites is 1. The van der Waals surface area contributed by atoms with Crippen molar-refractivity contribution in [3.8, 4) is 0 Å². The van der Waals surface area contributed by atoms with Crippen LogP contribution in [0.4, 0.5) is 32.0 Å². The van der Waals surface area contributed by atoms with E-state index in [1.807, 2.05) is 0 Å². The number of anilines is 1. The molecule has 42 heavy (non-hydrogen) atoms. The molecule has 6 nitrogen and oxygen atoms in total. The molecule has 3 aromatic rings. The van der Waals surface area contributed by atoms with Gasteiger partial charge in [0.2, 0.25) is 0 Å². The molecule has 2 amide bonds. The summed E-state index contributed by atoms with van der Waals surface area (Å²) in [5.41, 5.74) is -5.43. The molecule has 1 fully saturated rings. The first kappa shape index (κ1) is 29.8. The Balaban J connectivity index is 1.31. The van der Waals surface area contributed by atoms with Crippen LogP contribution in [0.2, 0.25) is 5.02 Å². The Hall–Kier alpha value is -3.64. The average molecular weight is 612 g/mol. The van der Waals surface area contributed by atoms with E-state index in [0.717, 1.165) is 12.3 Å². The van der Waals surface area contributed by atoms with Crippen molar-refractivity contribution in [3.63, 3.8) is 0 Å². The summed E-state index contributed by atoms with van der Waals surface area (Å²) in [5, 5.41) is 14.3. The van der Waals surface area contributed by atoms with Gasteiger partial charge in [-0.25, -0.2) is 13.2 Å². The van der Waals surface area contributed by atoms with E-state index >= 15 is 0 Å². The molecule has 0 spiro atoms. The number of aliphatic hydroxyl groups is 1. The maximum atomic E-state index is 14.9. The zero-order valence-electron chi connectivity index (χ0n) is 21.8. The first-order valence-electron chi connectivity index (χ1n) is 13.1. The highest BCUT2D eigenvalue weighted by molar-refractivity contribution is 6.30. The van der Waals surface area contributed by atoms with Crippen molar-refractivity contribution in [2.45, 2.75) is 49.9 Å². The Morgan fingerprint density at radius 3 is 2.45 bits per heavy atom. The lowest BCUT2D eigenvalue weighted by Crippen LogP contribution is -2.45. The summed E-state index contributed by atoms with van der Waals surface area (Å²) in [7, 11) is 0. The summed E-state index contributed by atoms with van der Waals surface area (Å²) in [6.45, 7) is 0.0904. The lowest BCUT2D eigenvalue weighted by molar-refractivity contribution is -0.138. The summed E-state index contributed by atoms with van der Waals surface area (Å²) in [6.07, 6.45) is -4.85. The Labute approximate surface area is 241 Å². The largest absolute Gasteiger partial charge is 0.416 e. The number of amides is 2. The Morgan fingerprint density at radius 1 is 1.10 bits per heavy atom. The van der Waals surface area contributed by atoms with Crippen molar-refractivity contribution in [1.82, 2.24) is 10.3 Å². The molecule has 0 saturated heterocycles. The molecule has 1 unspecified atom stereocenters. The van der Waals surface area contributed by atoms with Crippen LogP contribution >= 0.6 is 11.6 Å². The molecule has 1 atom stereocenters. The predicted molar refractivity (Wildman–Crippen MR) is 141 cm³/mol. The van der Waals surface area contributed by atoms with E-state index < -0.39 is 52.7 Å². The molecule has 222 valence electrons. The normalized spacial score (nSPS) is 22.4. The minimum absolute atomic E-state index is 0.0286. The molecular formula is C29H24ClF6N3O3. The molecule has 0 radical (unpaired) electrons. The minimum Gasteiger partial charge on any atom is -0.372 e. The number of halogens is 7. The summed E-state index contributed by atoms with van der Waals surface area (Å²) in [6, 6.07) is 8.34. The number of nitrogens with one attached hydrogen (secondary N) is 1. The number of fused-ring (bicyclic) bond motifs is 1. The third kappa shape index (κ3) is 5.45. The number of hydrogen-bond acceptors (Lipinski definition) is 4. The van der Waals surface area contributed by atoms with Gasteiger partial charge in [0.25, 0.3) is 18.2 Å². The number of benzene rings is 2. The topological polar surface area (TPSA) is 82.5 Å². The van der Waals surface area contributed by atoms with Crippen LogP contribution < -0.4 is 10.2 Å². The van der Waals surface area contributed by atoms with Gasteiger partial charge in [-0.15, -0.1) is 0 Å². The molecule has 2 aromatic carbocycles. The molecule has 1 saturated carbocycles. The first-order chi connectivity index (χ1) is 19.8. The van der Waals surface area contributed by atoms with Crippen molar-refractivity contribution in [2.24, 2.45) is 5.92 Å². The minimum atomic E-state index is -4.82. The quantitative estimate of drug-likeness (QED) is 0.316. The van der Waals surface area contributed by atoms with Crippen LogP contribution in [0.3, 0.4) is 0 Å². The first-order valence-corrected chi connectivity index (χ1v) is 13.4. The molecule has 1 aromatic heterocycles. The highest BCUT2D eigenvalue weighted by atomic mass is 35.5. The van der Waals surface area contributed by atoms with Crippen molar-refractivity contribution in [2.75, 3.05) is 11.4 Å². The van der Waals surface area contributed by atoms with Crippen LogP contribution in [0.15, 0.2) is 54.7 Å². The summed E-state index contributed by atoms with van der Waals surface area (Å²) >= 11 is 5.84. The molecule has 2 heterocycles. The zero-order chi connectivity index (χ0) is 30.4. The van der Waals surface area contributed by atoms with E-state index in [2.05, 4.69) is 10.3 Å². The van der Waals surface area contributed by atoms with Crippen LogP contribution in [0.25, 0.3) is 0 Å². The third-order valence-corrected chi connectivity index (χ3v) is 7.99. The smallest absolute Gasteiger partial charge is 0.372 e. The maximum Gasteiger partial charge on any atom is 0.416 e. The second-order valence-electron chi connectivity index (χ2n) is 10.4. The summed E-state index contributed by atoms with van der Waals surface area (Å²) < 4.78 is 81.8. The molecule has 5 rings (SSSR count). The highest BCUT2D eigenvalue weighted by Gasteiger charge is 2.53. The molecular weight excluding hydrogens is 588 g/mol. The van der Waals surface area contributed by atoms with E-state index in [1.165, 1.54) is 23.1 Å². The van der Waals surface area contributed by atoms with Crippen LogP contribution in [0.1, 0.15) is 64.9 Å². The van der Waals surface area contributed by atoms with Crippen LogP contribution in [-0.2, 0) is 16.6 Å². The van der Waals surface area contributed by atoms with Crippen molar-refractivity contribution in [3.05, 3.63) is 93.5 Å². The number of aromatic nitrogens is 1. The van der Waals surface area contributed by atoms with Crippen molar-refractivity contribution in [1.29, 1.82) is 0 Å². The van der Waals surface area contributed by atoms with Crippen LogP contribution in [0.5, 0.6) is 0 Å². The second kappa shape index (κ2) is 11.2. The number of nitrogens with zero attached hydrogens (tertiary/aromatic N) is 2. The van der Waals surface area contributed by atoms with E-state index in [-0.39, 0.29) is 40.3 Å².